The lowest BCUT2D eigenvalue weighted by Crippen LogP contribution is -2.53. The second-order valence-electron chi connectivity index (χ2n) is 3.75. The number of hydrogen-bond donors (Lipinski definition) is 0. The molecule has 2 saturated heterocycles. The molecule has 0 spiro atoms. The molecule has 0 radical (unpaired) electrons. The van der Waals surface area contributed by atoms with E-state index in [2.05, 4.69) is 4.74 Å². The number of Topliss-reactive ketones (excluding diaryl/α,β-unsaturated/α-hetero) is 1. The standard InChI is InChI=1S/C9H12FNO3/c1-14-9(13)11-5-2-3-6(11)8(10)7(12)4-5/h5-6,8H,2-4H2,1H3/t5-,6+,8-/m0/s1. The highest BCUT2D eigenvalue weighted by atomic mass is 19.1. The second-order valence-corrected chi connectivity index (χ2v) is 3.75. The minimum atomic E-state index is -1.52. The number of carbonyl (C=O) groups is 2. The molecule has 2 aliphatic heterocycles. The maximum atomic E-state index is 13.4. The Morgan fingerprint density at radius 1 is 1.57 bits per heavy atom. The van der Waals surface area contributed by atoms with Crippen LogP contribution in [0, 0.1) is 0 Å². The van der Waals surface area contributed by atoms with E-state index < -0.39 is 18.3 Å². The summed E-state index contributed by atoms with van der Waals surface area (Å²) < 4.78 is 18.0. The van der Waals surface area contributed by atoms with Crippen molar-refractivity contribution >= 4 is 11.9 Å². The topological polar surface area (TPSA) is 46.6 Å². The third kappa shape index (κ3) is 1.19. The highest BCUT2D eigenvalue weighted by Gasteiger charge is 2.49. The molecule has 14 heavy (non-hydrogen) atoms. The molecule has 0 aromatic carbocycles. The van der Waals surface area contributed by atoms with E-state index >= 15 is 0 Å². The van der Waals surface area contributed by atoms with Crippen molar-refractivity contribution in [2.75, 3.05) is 7.11 Å². The number of carbonyl (C=O) groups excluding carboxylic acids is 2. The van der Waals surface area contributed by atoms with Crippen molar-refractivity contribution in [2.24, 2.45) is 0 Å². The fourth-order valence-corrected chi connectivity index (χ4v) is 2.35. The zero-order valence-electron chi connectivity index (χ0n) is 7.90. The number of hydrogen-bond acceptors (Lipinski definition) is 3. The molecule has 0 aliphatic carbocycles. The molecule has 2 rings (SSSR count). The molecule has 3 atom stereocenters. The summed E-state index contributed by atoms with van der Waals surface area (Å²) in [6.45, 7) is 0. The van der Waals surface area contributed by atoms with E-state index in [-0.39, 0.29) is 18.2 Å². The van der Waals surface area contributed by atoms with Gasteiger partial charge in [-0.1, -0.05) is 0 Å². The van der Waals surface area contributed by atoms with Gasteiger partial charge < -0.3 is 4.74 Å². The summed E-state index contributed by atoms with van der Waals surface area (Å²) in [5.41, 5.74) is 0. The van der Waals surface area contributed by atoms with Gasteiger partial charge in [-0.2, -0.15) is 0 Å². The number of nitrogens with zero attached hydrogens (tertiary/aromatic N) is 1. The number of ether oxygens (including phenoxy) is 1. The van der Waals surface area contributed by atoms with Crippen LogP contribution in [0.5, 0.6) is 0 Å². The molecule has 1 amide bonds. The van der Waals surface area contributed by atoms with Gasteiger partial charge in [0.15, 0.2) is 12.0 Å². The Morgan fingerprint density at radius 2 is 2.29 bits per heavy atom. The Morgan fingerprint density at radius 3 is 2.93 bits per heavy atom. The third-order valence-corrected chi connectivity index (χ3v) is 3.01. The minimum Gasteiger partial charge on any atom is -0.453 e. The molecule has 2 aliphatic rings. The largest absolute Gasteiger partial charge is 0.453 e. The zero-order chi connectivity index (χ0) is 10.3. The molecule has 2 heterocycles. The molecule has 0 saturated carbocycles. The predicted octanol–water partition coefficient (Wildman–Crippen LogP) is 0.897. The molecular weight excluding hydrogens is 189 g/mol. The maximum absolute atomic E-state index is 13.4. The lowest BCUT2D eigenvalue weighted by atomic mass is 10.0. The minimum absolute atomic E-state index is 0.132. The van der Waals surface area contributed by atoms with Gasteiger partial charge in [-0.3, -0.25) is 9.69 Å². The van der Waals surface area contributed by atoms with E-state index in [4.69, 9.17) is 0 Å². The van der Waals surface area contributed by atoms with Gasteiger partial charge >= 0.3 is 6.09 Å². The highest BCUT2D eigenvalue weighted by molar-refractivity contribution is 5.87. The molecular formula is C9H12FNO3. The van der Waals surface area contributed by atoms with Crippen LogP contribution in [0.2, 0.25) is 0 Å². The molecule has 4 nitrogen and oxygen atoms in total. The van der Waals surface area contributed by atoms with E-state index in [0.717, 1.165) is 0 Å². The Balaban J connectivity index is 2.21. The summed E-state index contributed by atoms with van der Waals surface area (Å²) >= 11 is 0. The van der Waals surface area contributed by atoms with Gasteiger partial charge in [0.25, 0.3) is 0 Å². The van der Waals surface area contributed by atoms with E-state index in [0.29, 0.717) is 12.8 Å². The van der Waals surface area contributed by atoms with Gasteiger partial charge in [0.1, 0.15) is 0 Å². The normalized spacial score (nSPS) is 36.0. The fraction of sp³-hybridized carbons (Fsp3) is 0.778. The number of amides is 1. The Labute approximate surface area is 81.0 Å². The van der Waals surface area contributed by atoms with Crippen LogP contribution in [-0.2, 0) is 9.53 Å². The first kappa shape index (κ1) is 9.43. The first-order valence-electron chi connectivity index (χ1n) is 4.68. The number of alkyl halides is 1. The van der Waals surface area contributed by atoms with Gasteiger partial charge in [-0.25, -0.2) is 9.18 Å². The molecule has 0 unspecified atom stereocenters. The van der Waals surface area contributed by atoms with Crippen LogP contribution in [-0.4, -0.2) is 42.1 Å². The van der Waals surface area contributed by atoms with Crippen molar-refractivity contribution in [3.8, 4) is 0 Å². The van der Waals surface area contributed by atoms with Gasteiger partial charge in [-0.15, -0.1) is 0 Å². The lowest BCUT2D eigenvalue weighted by molar-refractivity contribution is -0.129. The number of fused-ring (bicyclic) bond motifs is 2. The van der Waals surface area contributed by atoms with E-state index in [1.165, 1.54) is 12.0 Å². The van der Waals surface area contributed by atoms with Gasteiger partial charge in [0.05, 0.1) is 13.2 Å². The maximum Gasteiger partial charge on any atom is 0.410 e. The summed E-state index contributed by atoms with van der Waals surface area (Å²) in [6, 6.07) is -0.736. The van der Waals surface area contributed by atoms with E-state index in [1.807, 2.05) is 0 Å². The van der Waals surface area contributed by atoms with Crippen molar-refractivity contribution in [2.45, 2.75) is 37.5 Å². The van der Waals surface area contributed by atoms with Gasteiger partial charge in [0.2, 0.25) is 0 Å². The molecule has 2 fully saturated rings. The highest BCUT2D eigenvalue weighted by Crippen LogP contribution is 2.35. The van der Waals surface area contributed by atoms with E-state index in [1.54, 1.807) is 0 Å². The summed E-state index contributed by atoms with van der Waals surface area (Å²) in [6.07, 6.45) is -0.647. The Hall–Kier alpha value is -1.13. The van der Waals surface area contributed by atoms with Crippen molar-refractivity contribution in [3.63, 3.8) is 0 Å². The number of methoxy groups -OCH3 is 1. The predicted molar refractivity (Wildman–Crippen MR) is 45.6 cm³/mol. The molecule has 2 bridgehead atoms. The summed E-state index contributed by atoms with van der Waals surface area (Å²) in [4.78, 5) is 23.8. The van der Waals surface area contributed by atoms with Crippen molar-refractivity contribution in [3.05, 3.63) is 0 Å². The van der Waals surface area contributed by atoms with Crippen LogP contribution in [0.1, 0.15) is 19.3 Å². The molecule has 0 aromatic heterocycles. The first-order chi connectivity index (χ1) is 6.65. The quantitative estimate of drug-likeness (QED) is 0.585. The molecule has 0 N–H and O–H groups in total. The average Bonchev–Trinajstić information content (AvgIpc) is 2.52. The van der Waals surface area contributed by atoms with Crippen molar-refractivity contribution < 1.29 is 18.7 Å². The van der Waals surface area contributed by atoms with Crippen LogP contribution in [0.3, 0.4) is 0 Å². The Bertz CT molecular complexity index is 281. The number of rotatable bonds is 0. The summed E-state index contributed by atoms with van der Waals surface area (Å²) in [5.74, 6) is -0.377. The van der Waals surface area contributed by atoms with E-state index in [9.17, 15) is 14.0 Å². The van der Waals surface area contributed by atoms with Crippen LogP contribution in [0.25, 0.3) is 0 Å². The Kier molecular flexibility index (Phi) is 2.17. The third-order valence-electron chi connectivity index (χ3n) is 3.01. The number of ketones is 1. The SMILES string of the molecule is COC(=O)N1[C@H]2CC[C@@H]1[C@H](F)C(=O)C2. The van der Waals surface area contributed by atoms with Crippen LogP contribution >= 0.6 is 0 Å². The fourth-order valence-electron chi connectivity index (χ4n) is 2.35. The smallest absolute Gasteiger partial charge is 0.410 e. The molecule has 5 heteroatoms. The van der Waals surface area contributed by atoms with Gasteiger partial charge in [-0.05, 0) is 12.8 Å². The van der Waals surface area contributed by atoms with Gasteiger partial charge in [0, 0.05) is 12.5 Å². The van der Waals surface area contributed by atoms with Crippen molar-refractivity contribution in [1.29, 1.82) is 0 Å². The van der Waals surface area contributed by atoms with Crippen LogP contribution in [0.4, 0.5) is 9.18 Å². The lowest BCUT2D eigenvalue weighted by Gasteiger charge is -2.34. The van der Waals surface area contributed by atoms with Crippen LogP contribution in [0.15, 0.2) is 0 Å². The second kappa shape index (κ2) is 3.22. The first-order valence-corrected chi connectivity index (χ1v) is 4.68. The number of halogens is 1. The monoisotopic (exact) mass is 201 g/mol. The molecule has 0 aromatic rings. The summed E-state index contributed by atoms with van der Waals surface area (Å²) in [5, 5.41) is 0. The number of piperidine rings is 1. The van der Waals surface area contributed by atoms with Crippen molar-refractivity contribution in [1.82, 2.24) is 4.90 Å². The zero-order valence-corrected chi connectivity index (χ0v) is 7.90. The summed E-state index contributed by atoms with van der Waals surface area (Å²) in [7, 11) is 1.27. The van der Waals surface area contributed by atoms with Crippen LogP contribution < -0.4 is 0 Å². The molecule has 78 valence electrons. The average molecular weight is 201 g/mol.